The van der Waals surface area contributed by atoms with Gasteiger partial charge in [0, 0.05) is 24.2 Å². The number of morpholine rings is 1. The predicted molar refractivity (Wildman–Crippen MR) is 117 cm³/mol. The number of aromatic nitrogens is 5. The Bertz CT molecular complexity index is 1290. The quantitative estimate of drug-likeness (QED) is 0.519. The molecule has 2 aromatic carbocycles. The van der Waals surface area contributed by atoms with Crippen LogP contribution in [0, 0.1) is 12.7 Å². The first-order valence-corrected chi connectivity index (χ1v) is 10.5. The highest BCUT2D eigenvalue weighted by Crippen LogP contribution is 2.28. The second kappa shape index (κ2) is 8.60. The number of H-pyrrole nitrogens is 1. The van der Waals surface area contributed by atoms with Gasteiger partial charge in [-0.15, -0.1) is 5.10 Å². The predicted octanol–water partition coefficient (Wildman–Crippen LogP) is 2.43. The van der Waals surface area contributed by atoms with Crippen LogP contribution >= 0.6 is 0 Å². The smallest absolute Gasteiger partial charge is 0.253 e. The van der Waals surface area contributed by atoms with Gasteiger partial charge in [0.05, 0.1) is 19.8 Å². The summed E-state index contributed by atoms with van der Waals surface area (Å²) in [6.07, 6.45) is 0. The molecule has 0 amide bonds. The Labute approximate surface area is 183 Å². The maximum absolute atomic E-state index is 13.3. The number of hydrogen-bond donors (Lipinski definition) is 1. The molecular formula is C23H23FN6O2. The van der Waals surface area contributed by atoms with Gasteiger partial charge >= 0.3 is 0 Å². The van der Waals surface area contributed by atoms with Crippen LogP contribution in [0.25, 0.3) is 10.9 Å². The molecule has 5 rings (SSSR count). The Morgan fingerprint density at radius 3 is 2.69 bits per heavy atom. The second-order valence-electron chi connectivity index (χ2n) is 8.02. The van der Waals surface area contributed by atoms with Gasteiger partial charge in [0.1, 0.15) is 11.9 Å². The fraction of sp³-hybridized carbons (Fsp3) is 0.304. The molecule has 1 aliphatic rings. The molecule has 3 heterocycles. The molecule has 1 saturated heterocycles. The topological polar surface area (TPSA) is 88.9 Å². The van der Waals surface area contributed by atoms with Gasteiger partial charge in [-0.3, -0.25) is 9.69 Å². The van der Waals surface area contributed by atoms with E-state index in [0.717, 1.165) is 22.0 Å². The summed E-state index contributed by atoms with van der Waals surface area (Å²) in [6.45, 7) is 4.83. The first kappa shape index (κ1) is 20.5. The highest BCUT2D eigenvalue weighted by molar-refractivity contribution is 5.79. The summed E-state index contributed by atoms with van der Waals surface area (Å²) < 4.78 is 20.5. The minimum Gasteiger partial charge on any atom is -0.379 e. The van der Waals surface area contributed by atoms with Gasteiger partial charge in [-0.25, -0.2) is 9.07 Å². The first-order valence-electron chi connectivity index (χ1n) is 10.5. The van der Waals surface area contributed by atoms with E-state index < -0.39 is 6.04 Å². The Kier molecular flexibility index (Phi) is 5.50. The lowest BCUT2D eigenvalue weighted by Crippen LogP contribution is -2.42. The lowest BCUT2D eigenvalue weighted by Gasteiger charge is -2.33. The Morgan fingerprint density at radius 1 is 1.12 bits per heavy atom. The molecule has 2 aromatic heterocycles. The summed E-state index contributed by atoms with van der Waals surface area (Å²) in [7, 11) is 0. The molecular weight excluding hydrogens is 411 g/mol. The van der Waals surface area contributed by atoms with Crippen LogP contribution < -0.4 is 5.56 Å². The number of aromatic amines is 1. The number of ether oxygens (including phenoxy) is 1. The van der Waals surface area contributed by atoms with Crippen LogP contribution in [0.2, 0.25) is 0 Å². The lowest BCUT2D eigenvalue weighted by molar-refractivity contribution is 0.0214. The standard InChI is InChI=1S/C23H23FN6O2/c1-15-2-7-20-17(12-15)13-19(23(31)25-20)21(29-8-10-32-11-9-29)22-26-27-28-30(22)14-16-3-5-18(24)6-4-16/h2-7,12-13,21H,8-11,14H2,1H3,(H,25,31). The summed E-state index contributed by atoms with van der Waals surface area (Å²) in [5, 5.41) is 13.3. The minimum atomic E-state index is -0.442. The summed E-state index contributed by atoms with van der Waals surface area (Å²) >= 11 is 0. The van der Waals surface area contributed by atoms with Crippen molar-refractivity contribution in [1.82, 2.24) is 30.1 Å². The van der Waals surface area contributed by atoms with Crippen molar-refractivity contribution < 1.29 is 9.13 Å². The molecule has 0 saturated carbocycles. The molecule has 1 aliphatic heterocycles. The normalized spacial score (nSPS) is 15.8. The number of rotatable bonds is 5. The van der Waals surface area contributed by atoms with Crippen LogP contribution in [0.1, 0.15) is 28.6 Å². The van der Waals surface area contributed by atoms with Gasteiger partial charge in [0.25, 0.3) is 5.56 Å². The van der Waals surface area contributed by atoms with Crippen molar-refractivity contribution in [1.29, 1.82) is 0 Å². The van der Waals surface area contributed by atoms with Gasteiger partial charge in [0.15, 0.2) is 5.82 Å². The zero-order chi connectivity index (χ0) is 22.1. The van der Waals surface area contributed by atoms with Crippen molar-refractivity contribution >= 4 is 10.9 Å². The maximum atomic E-state index is 13.3. The Balaban J connectivity index is 1.61. The molecule has 8 nitrogen and oxygen atoms in total. The molecule has 4 aromatic rings. The van der Waals surface area contributed by atoms with E-state index in [1.54, 1.807) is 16.8 Å². The molecule has 0 aliphatic carbocycles. The maximum Gasteiger partial charge on any atom is 0.253 e. The number of hydrogen-bond acceptors (Lipinski definition) is 6. The number of nitrogens with one attached hydrogen (secondary N) is 1. The van der Waals surface area contributed by atoms with E-state index in [1.165, 1.54) is 12.1 Å². The van der Waals surface area contributed by atoms with Crippen molar-refractivity contribution in [3.63, 3.8) is 0 Å². The van der Waals surface area contributed by atoms with E-state index >= 15 is 0 Å². The summed E-state index contributed by atoms with van der Waals surface area (Å²) in [4.78, 5) is 18.4. The van der Waals surface area contributed by atoms with Gasteiger partial charge < -0.3 is 9.72 Å². The third kappa shape index (κ3) is 4.04. The van der Waals surface area contributed by atoms with Crippen LogP contribution in [0.3, 0.4) is 0 Å². The number of fused-ring (bicyclic) bond motifs is 1. The van der Waals surface area contributed by atoms with E-state index in [4.69, 9.17) is 4.74 Å². The van der Waals surface area contributed by atoms with E-state index in [-0.39, 0.29) is 11.4 Å². The number of pyridine rings is 1. The highest BCUT2D eigenvalue weighted by Gasteiger charge is 2.31. The van der Waals surface area contributed by atoms with Gasteiger partial charge in [0.2, 0.25) is 0 Å². The summed E-state index contributed by atoms with van der Waals surface area (Å²) in [5.41, 5.74) is 3.17. The van der Waals surface area contributed by atoms with E-state index in [0.29, 0.717) is 44.2 Å². The average molecular weight is 434 g/mol. The fourth-order valence-corrected chi connectivity index (χ4v) is 4.16. The van der Waals surface area contributed by atoms with Crippen molar-refractivity contribution in [3.05, 3.63) is 87.2 Å². The van der Waals surface area contributed by atoms with Crippen molar-refractivity contribution in [2.45, 2.75) is 19.5 Å². The van der Waals surface area contributed by atoms with Gasteiger partial charge in [-0.1, -0.05) is 23.8 Å². The van der Waals surface area contributed by atoms with E-state index in [9.17, 15) is 9.18 Å². The van der Waals surface area contributed by atoms with Crippen LogP contribution in [0.15, 0.2) is 53.3 Å². The number of aryl methyl sites for hydroxylation is 1. The molecule has 1 atom stereocenters. The molecule has 0 spiro atoms. The Hall–Kier alpha value is -3.43. The summed E-state index contributed by atoms with van der Waals surface area (Å²) in [5.74, 6) is 0.267. The van der Waals surface area contributed by atoms with E-state index in [1.807, 2.05) is 31.2 Å². The zero-order valence-corrected chi connectivity index (χ0v) is 17.7. The van der Waals surface area contributed by atoms with Crippen LogP contribution in [0.4, 0.5) is 4.39 Å². The number of nitrogens with zero attached hydrogens (tertiary/aromatic N) is 5. The van der Waals surface area contributed by atoms with Crippen LogP contribution in [0.5, 0.6) is 0 Å². The molecule has 164 valence electrons. The Morgan fingerprint density at radius 2 is 1.91 bits per heavy atom. The second-order valence-corrected chi connectivity index (χ2v) is 8.02. The number of halogens is 1. The van der Waals surface area contributed by atoms with E-state index in [2.05, 4.69) is 25.4 Å². The van der Waals surface area contributed by atoms with Crippen LogP contribution in [-0.2, 0) is 11.3 Å². The largest absolute Gasteiger partial charge is 0.379 e. The molecule has 0 radical (unpaired) electrons. The highest BCUT2D eigenvalue weighted by atomic mass is 19.1. The molecule has 1 unspecified atom stereocenters. The molecule has 32 heavy (non-hydrogen) atoms. The third-order valence-electron chi connectivity index (χ3n) is 5.78. The first-order chi connectivity index (χ1) is 15.6. The average Bonchev–Trinajstić information content (AvgIpc) is 3.24. The number of tetrazole rings is 1. The zero-order valence-electron chi connectivity index (χ0n) is 17.7. The summed E-state index contributed by atoms with van der Waals surface area (Å²) in [6, 6.07) is 13.7. The molecule has 1 N–H and O–H groups in total. The number of benzene rings is 2. The molecule has 9 heteroatoms. The molecule has 0 bridgehead atoms. The van der Waals surface area contributed by atoms with Crippen molar-refractivity contribution in [2.75, 3.05) is 26.3 Å². The fourth-order valence-electron chi connectivity index (χ4n) is 4.16. The van der Waals surface area contributed by atoms with Crippen LogP contribution in [-0.4, -0.2) is 56.4 Å². The minimum absolute atomic E-state index is 0.172. The van der Waals surface area contributed by atoms with Crippen molar-refractivity contribution in [2.24, 2.45) is 0 Å². The van der Waals surface area contributed by atoms with Gasteiger partial charge in [-0.2, -0.15) is 0 Å². The monoisotopic (exact) mass is 434 g/mol. The van der Waals surface area contributed by atoms with Gasteiger partial charge in [-0.05, 0) is 58.6 Å². The lowest BCUT2D eigenvalue weighted by atomic mass is 10.0. The molecule has 1 fully saturated rings. The van der Waals surface area contributed by atoms with Crippen molar-refractivity contribution in [3.8, 4) is 0 Å². The third-order valence-corrected chi connectivity index (χ3v) is 5.78. The SMILES string of the molecule is Cc1ccc2[nH]c(=O)c(C(c3nnnn3Cc3ccc(F)cc3)N3CCOCC3)cc2c1.